The molecule has 0 saturated heterocycles. The first kappa shape index (κ1) is 15.5. The number of anilines is 1. The molecule has 2 heterocycles. The standard InChI is InChI=1S/C22H16N4O/c27-22(16-5-8-21(24-13-16)26-10-9-23-14-26)25-18-6-7-20-17(12-18)11-15-3-1-2-4-19(15)20/h1-10,12-14H,11H2,(H,25,27). The number of hydrogen-bond donors (Lipinski definition) is 1. The number of amides is 1. The Hall–Kier alpha value is -3.73. The largest absolute Gasteiger partial charge is 0.322 e. The molecule has 5 heteroatoms. The molecule has 0 aliphatic heterocycles. The van der Waals surface area contributed by atoms with Crippen molar-refractivity contribution in [2.24, 2.45) is 0 Å². The number of hydrogen-bond acceptors (Lipinski definition) is 3. The van der Waals surface area contributed by atoms with Gasteiger partial charge in [0.15, 0.2) is 0 Å². The van der Waals surface area contributed by atoms with Crippen molar-refractivity contribution in [3.8, 4) is 16.9 Å². The molecule has 27 heavy (non-hydrogen) atoms. The van der Waals surface area contributed by atoms with Crippen LogP contribution in [-0.2, 0) is 6.42 Å². The molecule has 5 rings (SSSR count). The van der Waals surface area contributed by atoms with E-state index in [2.05, 4.69) is 51.7 Å². The normalized spacial score (nSPS) is 11.7. The summed E-state index contributed by atoms with van der Waals surface area (Å²) in [5, 5.41) is 2.97. The van der Waals surface area contributed by atoms with Crippen LogP contribution in [-0.4, -0.2) is 20.4 Å². The van der Waals surface area contributed by atoms with Crippen LogP contribution in [0, 0.1) is 0 Å². The van der Waals surface area contributed by atoms with Gasteiger partial charge in [0.1, 0.15) is 12.1 Å². The smallest absolute Gasteiger partial charge is 0.257 e. The number of pyridine rings is 1. The molecule has 0 radical (unpaired) electrons. The average molecular weight is 352 g/mol. The van der Waals surface area contributed by atoms with Gasteiger partial charge >= 0.3 is 0 Å². The Morgan fingerprint density at radius 1 is 1.00 bits per heavy atom. The summed E-state index contributed by atoms with van der Waals surface area (Å²) in [4.78, 5) is 20.9. The Labute approximate surface area is 156 Å². The van der Waals surface area contributed by atoms with E-state index >= 15 is 0 Å². The Balaban J connectivity index is 1.35. The van der Waals surface area contributed by atoms with E-state index in [0.29, 0.717) is 5.56 Å². The Morgan fingerprint density at radius 3 is 2.70 bits per heavy atom. The van der Waals surface area contributed by atoms with Gasteiger partial charge < -0.3 is 5.32 Å². The van der Waals surface area contributed by atoms with E-state index in [4.69, 9.17) is 0 Å². The number of aromatic nitrogens is 3. The van der Waals surface area contributed by atoms with Crippen LogP contribution in [0.15, 0.2) is 79.5 Å². The number of rotatable bonds is 3. The lowest BCUT2D eigenvalue weighted by Gasteiger charge is -2.08. The van der Waals surface area contributed by atoms with Gasteiger partial charge in [0, 0.05) is 24.3 Å². The number of carbonyl (C=O) groups excluding carboxylic acids is 1. The molecule has 0 spiro atoms. The predicted molar refractivity (Wildman–Crippen MR) is 104 cm³/mol. The minimum absolute atomic E-state index is 0.171. The van der Waals surface area contributed by atoms with Crippen LogP contribution in [0.25, 0.3) is 16.9 Å². The van der Waals surface area contributed by atoms with Gasteiger partial charge in [-0.05, 0) is 52.9 Å². The van der Waals surface area contributed by atoms with E-state index in [1.54, 1.807) is 35.4 Å². The van der Waals surface area contributed by atoms with E-state index < -0.39 is 0 Å². The second kappa shape index (κ2) is 6.21. The van der Waals surface area contributed by atoms with Crippen LogP contribution < -0.4 is 5.32 Å². The minimum Gasteiger partial charge on any atom is -0.322 e. The SMILES string of the molecule is O=C(Nc1ccc2c(c1)Cc1ccccc1-2)c1ccc(-n2ccnc2)nc1. The fourth-order valence-corrected chi connectivity index (χ4v) is 3.49. The van der Waals surface area contributed by atoms with Crippen LogP contribution in [0.4, 0.5) is 5.69 Å². The molecule has 0 atom stereocenters. The molecule has 5 nitrogen and oxygen atoms in total. The highest BCUT2D eigenvalue weighted by Gasteiger charge is 2.18. The van der Waals surface area contributed by atoms with Gasteiger partial charge in [0.25, 0.3) is 5.91 Å². The lowest BCUT2D eigenvalue weighted by molar-refractivity contribution is 0.102. The van der Waals surface area contributed by atoms with Crippen molar-refractivity contribution in [2.75, 3.05) is 5.32 Å². The number of carbonyl (C=O) groups is 1. The summed E-state index contributed by atoms with van der Waals surface area (Å²) in [5.41, 5.74) is 6.41. The molecule has 130 valence electrons. The molecule has 0 bridgehead atoms. The third kappa shape index (κ3) is 2.79. The fraction of sp³-hybridized carbons (Fsp3) is 0.0455. The molecular weight excluding hydrogens is 336 g/mol. The highest BCUT2D eigenvalue weighted by atomic mass is 16.1. The summed E-state index contributed by atoms with van der Waals surface area (Å²) < 4.78 is 1.79. The minimum atomic E-state index is -0.171. The maximum atomic E-state index is 12.6. The third-order valence-corrected chi connectivity index (χ3v) is 4.83. The maximum absolute atomic E-state index is 12.6. The lowest BCUT2D eigenvalue weighted by atomic mass is 10.1. The van der Waals surface area contributed by atoms with Crippen molar-refractivity contribution in [1.29, 1.82) is 0 Å². The highest BCUT2D eigenvalue weighted by molar-refractivity contribution is 6.04. The summed E-state index contributed by atoms with van der Waals surface area (Å²) in [6.07, 6.45) is 7.65. The third-order valence-electron chi connectivity index (χ3n) is 4.83. The molecule has 1 aliphatic rings. The van der Waals surface area contributed by atoms with Crippen molar-refractivity contribution in [3.63, 3.8) is 0 Å². The molecule has 2 aromatic heterocycles. The first-order chi connectivity index (χ1) is 13.3. The van der Waals surface area contributed by atoms with Gasteiger partial charge in [-0.15, -0.1) is 0 Å². The molecule has 0 unspecified atom stereocenters. The van der Waals surface area contributed by atoms with Crippen LogP contribution in [0.1, 0.15) is 21.5 Å². The second-order valence-electron chi connectivity index (χ2n) is 6.54. The summed E-state index contributed by atoms with van der Waals surface area (Å²) >= 11 is 0. The van der Waals surface area contributed by atoms with Crippen molar-refractivity contribution in [3.05, 3.63) is 96.2 Å². The van der Waals surface area contributed by atoms with E-state index in [1.807, 2.05) is 12.3 Å². The van der Waals surface area contributed by atoms with Crippen molar-refractivity contribution >= 4 is 11.6 Å². The Morgan fingerprint density at radius 2 is 1.89 bits per heavy atom. The summed E-state index contributed by atoms with van der Waals surface area (Å²) in [6, 6.07) is 18.1. The molecule has 0 fully saturated rings. The Kier molecular flexibility index (Phi) is 3.57. The zero-order chi connectivity index (χ0) is 18.2. The van der Waals surface area contributed by atoms with E-state index in [0.717, 1.165) is 17.9 Å². The van der Waals surface area contributed by atoms with E-state index in [1.165, 1.54) is 22.3 Å². The number of imidazole rings is 1. The predicted octanol–water partition coefficient (Wildman–Crippen LogP) is 4.09. The van der Waals surface area contributed by atoms with Gasteiger partial charge in [-0.3, -0.25) is 9.36 Å². The summed E-state index contributed by atoms with van der Waals surface area (Å²) in [6.45, 7) is 0. The number of nitrogens with zero attached hydrogens (tertiary/aromatic N) is 3. The zero-order valence-electron chi connectivity index (χ0n) is 14.5. The molecule has 1 amide bonds. The monoisotopic (exact) mass is 352 g/mol. The molecule has 1 aliphatic carbocycles. The van der Waals surface area contributed by atoms with Crippen molar-refractivity contribution < 1.29 is 4.79 Å². The lowest BCUT2D eigenvalue weighted by Crippen LogP contribution is -2.12. The first-order valence-corrected chi connectivity index (χ1v) is 8.75. The van der Waals surface area contributed by atoms with Gasteiger partial charge in [-0.1, -0.05) is 30.3 Å². The van der Waals surface area contributed by atoms with Crippen molar-refractivity contribution in [1.82, 2.24) is 14.5 Å². The van der Waals surface area contributed by atoms with Crippen LogP contribution >= 0.6 is 0 Å². The topological polar surface area (TPSA) is 59.8 Å². The van der Waals surface area contributed by atoms with Crippen LogP contribution in [0.3, 0.4) is 0 Å². The van der Waals surface area contributed by atoms with E-state index in [-0.39, 0.29) is 5.91 Å². The van der Waals surface area contributed by atoms with Gasteiger partial charge in [-0.25, -0.2) is 9.97 Å². The quantitative estimate of drug-likeness (QED) is 0.532. The van der Waals surface area contributed by atoms with Crippen molar-refractivity contribution in [2.45, 2.75) is 6.42 Å². The van der Waals surface area contributed by atoms with E-state index in [9.17, 15) is 4.79 Å². The highest BCUT2D eigenvalue weighted by Crippen LogP contribution is 2.37. The molecule has 4 aromatic rings. The summed E-state index contributed by atoms with van der Waals surface area (Å²) in [7, 11) is 0. The number of fused-ring (bicyclic) bond motifs is 3. The van der Waals surface area contributed by atoms with Gasteiger partial charge in [-0.2, -0.15) is 0 Å². The van der Waals surface area contributed by atoms with Gasteiger partial charge in [0.05, 0.1) is 5.56 Å². The molecule has 0 saturated carbocycles. The fourth-order valence-electron chi connectivity index (χ4n) is 3.49. The van der Waals surface area contributed by atoms with Crippen LogP contribution in [0.5, 0.6) is 0 Å². The zero-order valence-corrected chi connectivity index (χ0v) is 14.5. The van der Waals surface area contributed by atoms with Crippen LogP contribution in [0.2, 0.25) is 0 Å². The first-order valence-electron chi connectivity index (χ1n) is 8.75. The second-order valence-corrected chi connectivity index (χ2v) is 6.54. The molecule has 1 N–H and O–H groups in total. The average Bonchev–Trinajstić information content (AvgIpc) is 3.35. The number of nitrogens with one attached hydrogen (secondary N) is 1. The molecule has 2 aromatic carbocycles. The molecular formula is C22H16N4O. The summed E-state index contributed by atoms with van der Waals surface area (Å²) in [5.74, 6) is 0.550. The number of benzene rings is 2. The maximum Gasteiger partial charge on any atom is 0.257 e. The Bertz CT molecular complexity index is 1130. The van der Waals surface area contributed by atoms with Gasteiger partial charge in [0.2, 0.25) is 0 Å².